The van der Waals surface area contributed by atoms with Crippen LogP contribution in [0.1, 0.15) is 10.4 Å². The molecule has 112 valence electrons. The summed E-state index contributed by atoms with van der Waals surface area (Å²) in [4.78, 5) is 14.4. The number of likely N-dealkylation sites (N-methyl/N-ethyl adjacent to an activating group) is 1. The molecule has 2 N–H and O–H groups in total. The molecule has 1 aromatic heterocycles. The zero-order valence-electron chi connectivity index (χ0n) is 11.7. The Bertz CT molecular complexity index is 617. The van der Waals surface area contributed by atoms with Crippen LogP contribution in [-0.2, 0) is 17.9 Å². The zero-order valence-corrected chi connectivity index (χ0v) is 14.8. The second-order valence-electron chi connectivity index (χ2n) is 4.88. The molecule has 2 rings (SSSR count). The van der Waals surface area contributed by atoms with E-state index in [4.69, 9.17) is 11.6 Å². The number of benzene rings is 1. The van der Waals surface area contributed by atoms with Crippen molar-refractivity contribution in [2.24, 2.45) is 0 Å². The molecule has 21 heavy (non-hydrogen) atoms. The normalized spacial score (nSPS) is 12.1. The molecule has 0 saturated carbocycles. The van der Waals surface area contributed by atoms with E-state index in [0.29, 0.717) is 18.1 Å². The molecule has 0 radical (unpaired) electrons. The topological polar surface area (TPSA) is 33.5 Å². The number of hydrogen-bond acceptors (Lipinski definition) is 2. The Morgan fingerprint density at radius 1 is 1.33 bits per heavy atom. The van der Waals surface area contributed by atoms with E-state index in [0.717, 1.165) is 20.8 Å². The van der Waals surface area contributed by atoms with Crippen LogP contribution in [-0.4, -0.2) is 19.5 Å². The Kier molecular flexibility index (Phi) is 6.23. The number of nitrogens with one attached hydrogen (secondary N) is 2. The van der Waals surface area contributed by atoms with Crippen LogP contribution in [0.2, 0.25) is 5.02 Å². The first-order valence-electron chi connectivity index (χ1n) is 6.60. The summed E-state index contributed by atoms with van der Waals surface area (Å²) in [5, 5.41) is 3.59. The third-order valence-corrected chi connectivity index (χ3v) is 4.99. The molecule has 1 amide bonds. The van der Waals surface area contributed by atoms with E-state index in [-0.39, 0.29) is 5.91 Å². The number of amides is 1. The smallest absolute Gasteiger partial charge is 0.275 e. The Morgan fingerprint density at radius 3 is 2.76 bits per heavy atom. The standard InChI is InChI=1S/C15H16BrClN2OS/c1-19(9-12-6-7-14(16)21-12)10-15(20)18-8-11-4-2-3-5-13(11)17/h2-7H,8-10H2,1H3,(H,18,20)/p+1. The van der Waals surface area contributed by atoms with Crippen molar-refractivity contribution in [3.05, 3.63) is 55.6 Å². The van der Waals surface area contributed by atoms with Crippen LogP contribution in [0, 0.1) is 0 Å². The molecule has 1 heterocycles. The van der Waals surface area contributed by atoms with Crippen LogP contribution in [0.25, 0.3) is 0 Å². The minimum Gasteiger partial charge on any atom is -0.347 e. The van der Waals surface area contributed by atoms with Crippen LogP contribution in [0.15, 0.2) is 40.2 Å². The molecule has 0 aliphatic carbocycles. The highest BCUT2D eigenvalue weighted by atomic mass is 79.9. The maximum absolute atomic E-state index is 12.0. The first-order valence-corrected chi connectivity index (χ1v) is 8.59. The van der Waals surface area contributed by atoms with Gasteiger partial charge < -0.3 is 10.2 Å². The lowest BCUT2D eigenvalue weighted by Gasteiger charge is -2.13. The lowest BCUT2D eigenvalue weighted by Crippen LogP contribution is -3.08. The first-order chi connectivity index (χ1) is 10.0. The van der Waals surface area contributed by atoms with Gasteiger partial charge in [-0.15, -0.1) is 11.3 Å². The second kappa shape index (κ2) is 7.94. The van der Waals surface area contributed by atoms with Gasteiger partial charge in [0, 0.05) is 11.6 Å². The number of quaternary nitrogens is 1. The molecule has 0 aliphatic heterocycles. The minimum atomic E-state index is 0.0306. The highest BCUT2D eigenvalue weighted by Crippen LogP contribution is 2.21. The quantitative estimate of drug-likeness (QED) is 0.783. The fraction of sp³-hybridized carbons (Fsp3) is 0.267. The molecule has 1 aromatic carbocycles. The van der Waals surface area contributed by atoms with Crippen LogP contribution < -0.4 is 10.2 Å². The monoisotopic (exact) mass is 387 g/mol. The summed E-state index contributed by atoms with van der Waals surface area (Å²) in [5.74, 6) is 0.0306. The molecule has 3 nitrogen and oxygen atoms in total. The Balaban J connectivity index is 1.77. The van der Waals surface area contributed by atoms with Crippen molar-refractivity contribution in [1.29, 1.82) is 0 Å². The Morgan fingerprint density at radius 2 is 2.10 bits per heavy atom. The van der Waals surface area contributed by atoms with Crippen molar-refractivity contribution >= 4 is 44.8 Å². The molecule has 6 heteroatoms. The summed E-state index contributed by atoms with van der Waals surface area (Å²) >= 11 is 11.2. The third-order valence-electron chi connectivity index (χ3n) is 3.00. The van der Waals surface area contributed by atoms with Gasteiger partial charge in [-0.25, -0.2) is 0 Å². The van der Waals surface area contributed by atoms with Crippen molar-refractivity contribution in [1.82, 2.24) is 5.32 Å². The van der Waals surface area contributed by atoms with Gasteiger partial charge in [0.15, 0.2) is 6.54 Å². The average Bonchev–Trinajstić information content (AvgIpc) is 2.83. The van der Waals surface area contributed by atoms with Gasteiger partial charge in [0.05, 0.1) is 15.7 Å². The fourth-order valence-electron chi connectivity index (χ4n) is 1.98. The van der Waals surface area contributed by atoms with Crippen molar-refractivity contribution in [2.75, 3.05) is 13.6 Å². The predicted octanol–water partition coefficient (Wildman–Crippen LogP) is 2.50. The zero-order chi connectivity index (χ0) is 15.2. The first kappa shape index (κ1) is 16.5. The van der Waals surface area contributed by atoms with Gasteiger partial charge in [-0.05, 0) is 39.7 Å². The van der Waals surface area contributed by atoms with Gasteiger partial charge in [0.25, 0.3) is 5.91 Å². The lowest BCUT2D eigenvalue weighted by molar-refractivity contribution is -0.885. The summed E-state index contributed by atoms with van der Waals surface area (Å²) in [6.45, 7) is 1.76. The van der Waals surface area contributed by atoms with Crippen LogP contribution >= 0.6 is 38.9 Å². The highest BCUT2D eigenvalue weighted by molar-refractivity contribution is 9.11. The van der Waals surface area contributed by atoms with Crippen LogP contribution in [0.5, 0.6) is 0 Å². The second-order valence-corrected chi connectivity index (χ2v) is 7.84. The van der Waals surface area contributed by atoms with E-state index in [1.807, 2.05) is 37.4 Å². The molecular weight excluding hydrogens is 372 g/mol. The number of halogens is 2. The van der Waals surface area contributed by atoms with Gasteiger partial charge in [-0.2, -0.15) is 0 Å². The number of thiophene rings is 1. The number of carbonyl (C=O) groups is 1. The van der Waals surface area contributed by atoms with Crippen LogP contribution in [0.3, 0.4) is 0 Å². The predicted molar refractivity (Wildman–Crippen MR) is 90.8 cm³/mol. The largest absolute Gasteiger partial charge is 0.347 e. The van der Waals surface area contributed by atoms with Gasteiger partial charge >= 0.3 is 0 Å². The van der Waals surface area contributed by atoms with Crippen molar-refractivity contribution in [2.45, 2.75) is 13.1 Å². The van der Waals surface area contributed by atoms with Crippen molar-refractivity contribution in [3.8, 4) is 0 Å². The van der Waals surface area contributed by atoms with E-state index in [1.54, 1.807) is 11.3 Å². The molecular formula is C15H17BrClN2OS+. The van der Waals surface area contributed by atoms with Crippen LogP contribution in [0.4, 0.5) is 0 Å². The van der Waals surface area contributed by atoms with E-state index in [2.05, 4.69) is 27.3 Å². The number of rotatable bonds is 6. The summed E-state index contributed by atoms with van der Waals surface area (Å²) in [6.07, 6.45) is 0. The minimum absolute atomic E-state index is 0.0306. The van der Waals surface area contributed by atoms with Crippen molar-refractivity contribution < 1.29 is 9.69 Å². The Labute approximate surface area is 142 Å². The van der Waals surface area contributed by atoms with E-state index < -0.39 is 0 Å². The molecule has 0 fully saturated rings. The molecule has 1 unspecified atom stereocenters. The summed E-state index contributed by atoms with van der Waals surface area (Å²) in [5.41, 5.74) is 0.937. The highest BCUT2D eigenvalue weighted by Gasteiger charge is 2.12. The average molecular weight is 389 g/mol. The van der Waals surface area contributed by atoms with Gasteiger partial charge in [-0.3, -0.25) is 4.79 Å². The van der Waals surface area contributed by atoms with Gasteiger partial charge in [0.2, 0.25) is 0 Å². The van der Waals surface area contributed by atoms with Gasteiger partial charge in [-0.1, -0.05) is 29.8 Å². The summed E-state index contributed by atoms with van der Waals surface area (Å²) in [7, 11) is 2.02. The number of carbonyl (C=O) groups excluding carboxylic acids is 1. The molecule has 0 saturated heterocycles. The summed E-state index contributed by atoms with van der Waals surface area (Å²) in [6, 6.07) is 11.7. The maximum atomic E-state index is 12.0. The molecule has 0 spiro atoms. The van der Waals surface area contributed by atoms with E-state index in [9.17, 15) is 4.79 Å². The van der Waals surface area contributed by atoms with E-state index in [1.165, 1.54) is 4.88 Å². The van der Waals surface area contributed by atoms with Gasteiger partial charge in [0.1, 0.15) is 6.54 Å². The molecule has 2 aromatic rings. The molecule has 0 aliphatic rings. The lowest BCUT2D eigenvalue weighted by atomic mass is 10.2. The third kappa shape index (κ3) is 5.43. The SMILES string of the molecule is C[NH+](CC(=O)NCc1ccccc1Cl)Cc1ccc(Br)s1. The molecule has 0 bridgehead atoms. The van der Waals surface area contributed by atoms with Crippen molar-refractivity contribution in [3.63, 3.8) is 0 Å². The van der Waals surface area contributed by atoms with E-state index >= 15 is 0 Å². The summed E-state index contributed by atoms with van der Waals surface area (Å²) < 4.78 is 1.12. The molecule has 1 atom stereocenters. The maximum Gasteiger partial charge on any atom is 0.275 e. The fourth-order valence-corrected chi connectivity index (χ4v) is 3.78. The Hall–Kier alpha value is -0.880. The number of hydrogen-bond donors (Lipinski definition) is 2.